The van der Waals surface area contributed by atoms with Crippen LogP contribution < -0.4 is 5.73 Å². The molecule has 0 radical (unpaired) electrons. The maximum Gasteiger partial charge on any atom is 0.132 e. The first kappa shape index (κ1) is 11.2. The van der Waals surface area contributed by atoms with Crippen LogP contribution in [0.1, 0.15) is 12.8 Å². The average Bonchev–Trinajstić information content (AvgIpc) is 2.78. The first-order valence-electron chi connectivity index (χ1n) is 5.47. The topological polar surface area (TPSA) is 56.7 Å². The number of hydrogen-bond acceptors (Lipinski definition) is 3. The molecule has 0 spiro atoms. The normalized spacial score (nSPS) is 10.1. The third-order valence-electron chi connectivity index (χ3n) is 2.55. The van der Waals surface area contributed by atoms with Crippen LogP contribution in [-0.4, -0.2) is 14.5 Å². The zero-order chi connectivity index (χ0) is 12.1. The van der Waals surface area contributed by atoms with Gasteiger partial charge in [0.05, 0.1) is 18.2 Å². The van der Waals surface area contributed by atoms with Crippen molar-refractivity contribution in [1.29, 1.82) is 0 Å². The number of rotatable bonds is 4. The summed E-state index contributed by atoms with van der Waals surface area (Å²) in [4.78, 5) is 8.22. The lowest BCUT2D eigenvalue weighted by Crippen LogP contribution is -2.01. The first-order chi connectivity index (χ1) is 8.33. The minimum Gasteiger partial charge on any atom is -0.383 e. The Balaban J connectivity index is 2.25. The monoisotopic (exact) mass is 226 g/mol. The fraction of sp³-hybridized carbons (Fsp3) is 0.231. The number of nitrogens with zero attached hydrogens (tertiary/aromatic N) is 3. The van der Waals surface area contributed by atoms with Gasteiger partial charge in [-0.2, -0.15) is 0 Å². The summed E-state index contributed by atoms with van der Waals surface area (Å²) in [5.41, 5.74) is 7.74. The lowest BCUT2D eigenvalue weighted by Gasteiger charge is -2.08. The predicted molar refractivity (Wildman–Crippen MR) is 67.9 cm³/mol. The van der Waals surface area contributed by atoms with E-state index in [1.807, 2.05) is 16.7 Å². The van der Waals surface area contributed by atoms with Crippen molar-refractivity contribution in [2.45, 2.75) is 19.4 Å². The highest BCUT2D eigenvalue weighted by Crippen LogP contribution is 2.23. The molecule has 4 heteroatoms. The van der Waals surface area contributed by atoms with E-state index >= 15 is 0 Å². The number of hydrogen-bond donors (Lipinski definition) is 1. The van der Waals surface area contributed by atoms with Gasteiger partial charge in [-0.05, 0) is 18.6 Å². The Morgan fingerprint density at radius 2 is 2.35 bits per heavy atom. The van der Waals surface area contributed by atoms with Gasteiger partial charge in [-0.25, -0.2) is 9.97 Å². The summed E-state index contributed by atoms with van der Waals surface area (Å²) in [6.45, 7) is 0.841. The molecule has 0 aliphatic carbocycles. The predicted octanol–water partition coefficient (Wildman–Crippen LogP) is 1.94. The second kappa shape index (κ2) is 5.17. The van der Waals surface area contributed by atoms with Gasteiger partial charge < -0.3 is 10.3 Å². The highest BCUT2D eigenvalue weighted by molar-refractivity contribution is 5.70. The number of nitrogens with two attached hydrogens (primary N) is 1. The number of aryl methyl sites for hydroxylation is 1. The van der Waals surface area contributed by atoms with Gasteiger partial charge in [-0.3, -0.25) is 0 Å². The van der Waals surface area contributed by atoms with Crippen LogP contribution in [0.2, 0.25) is 0 Å². The Morgan fingerprint density at radius 1 is 1.47 bits per heavy atom. The van der Waals surface area contributed by atoms with E-state index in [-0.39, 0.29) is 0 Å². The molecule has 0 aliphatic rings. The molecule has 86 valence electrons. The van der Waals surface area contributed by atoms with Crippen LogP contribution in [0.3, 0.4) is 0 Å². The lowest BCUT2D eigenvalue weighted by atomic mass is 10.2. The van der Waals surface area contributed by atoms with Crippen LogP contribution >= 0.6 is 0 Å². The summed E-state index contributed by atoms with van der Waals surface area (Å²) in [5.74, 6) is 3.15. The number of terminal acetylenes is 1. The summed E-state index contributed by atoms with van der Waals surface area (Å²) in [7, 11) is 0. The third-order valence-corrected chi connectivity index (χ3v) is 2.55. The number of imidazole rings is 1. The van der Waals surface area contributed by atoms with Crippen molar-refractivity contribution in [3.8, 4) is 23.6 Å². The Bertz CT molecular complexity index is 536. The molecule has 0 aliphatic heterocycles. The molecule has 0 fully saturated rings. The van der Waals surface area contributed by atoms with Crippen LogP contribution in [0, 0.1) is 12.3 Å². The van der Waals surface area contributed by atoms with E-state index in [0.29, 0.717) is 5.82 Å². The van der Waals surface area contributed by atoms with Gasteiger partial charge in [-0.15, -0.1) is 12.3 Å². The van der Waals surface area contributed by atoms with E-state index in [1.54, 1.807) is 18.7 Å². The number of aromatic nitrogens is 3. The summed E-state index contributed by atoms with van der Waals surface area (Å²) in [6.07, 6.45) is 12.2. The van der Waals surface area contributed by atoms with Crippen molar-refractivity contribution < 1.29 is 0 Å². The SMILES string of the molecule is C#CCCCn1cncc1-c1cccnc1N. The number of pyridine rings is 1. The lowest BCUT2D eigenvalue weighted by molar-refractivity contribution is 0.660. The molecular weight excluding hydrogens is 212 g/mol. The molecule has 17 heavy (non-hydrogen) atoms. The molecule has 0 aromatic carbocycles. The number of anilines is 1. The van der Waals surface area contributed by atoms with Gasteiger partial charge in [0.15, 0.2) is 0 Å². The van der Waals surface area contributed by atoms with Crippen LogP contribution in [0.4, 0.5) is 5.82 Å². The van der Waals surface area contributed by atoms with Gasteiger partial charge in [0.2, 0.25) is 0 Å². The van der Waals surface area contributed by atoms with E-state index in [1.165, 1.54) is 0 Å². The minimum atomic E-state index is 0.520. The molecule has 0 saturated carbocycles. The zero-order valence-electron chi connectivity index (χ0n) is 9.50. The quantitative estimate of drug-likeness (QED) is 0.640. The molecule has 2 heterocycles. The highest BCUT2D eigenvalue weighted by atomic mass is 15.0. The maximum atomic E-state index is 5.85. The van der Waals surface area contributed by atoms with Crippen LogP contribution in [-0.2, 0) is 6.54 Å². The molecule has 2 aromatic heterocycles. The van der Waals surface area contributed by atoms with Gasteiger partial charge in [0, 0.05) is 24.7 Å². The maximum absolute atomic E-state index is 5.85. The van der Waals surface area contributed by atoms with Crippen molar-refractivity contribution in [3.05, 3.63) is 30.9 Å². The van der Waals surface area contributed by atoms with Gasteiger partial charge in [-0.1, -0.05) is 0 Å². The fourth-order valence-electron chi connectivity index (χ4n) is 1.71. The van der Waals surface area contributed by atoms with E-state index in [0.717, 1.165) is 30.6 Å². The largest absolute Gasteiger partial charge is 0.383 e. The molecule has 0 saturated heterocycles. The van der Waals surface area contributed by atoms with Crippen molar-refractivity contribution in [2.75, 3.05) is 5.73 Å². The molecule has 4 nitrogen and oxygen atoms in total. The van der Waals surface area contributed by atoms with Gasteiger partial charge >= 0.3 is 0 Å². The van der Waals surface area contributed by atoms with Crippen molar-refractivity contribution in [1.82, 2.24) is 14.5 Å². The molecule has 0 amide bonds. The van der Waals surface area contributed by atoms with Crippen molar-refractivity contribution >= 4 is 5.82 Å². The molecule has 2 rings (SSSR count). The van der Waals surface area contributed by atoms with Crippen LogP contribution in [0.25, 0.3) is 11.3 Å². The second-order valence-corrected chi connectivity index (χ2v) is 3.72. The zero-order valence-corrected chi connectivity index (χ0v) is 9.50. The Hall–Kier alpha value is -2.28. The van der Waals surface area contributed by atoms with Crippen molar-refractivity contribution in [3.63, 3.8) is 0 Å². The first-order valence-corrected chi connectivity index (χ1v) is 5.47. The number of unbranched alkanes of at least 4 members (excludes halogenated alkanes) is 1. The van der Waals surface area contributed by atoms with Crippen LogP contribution in [0.5, 0.6) is 0 Å². The van der Waals surface area contributed by atoms with E-state index in [9.17, 15) is 0 Å². The molecule has 0 unspecified atom stereocenters. The summed E-state index contributed by atoms with van der Waals surface area (Å²) < 4.78 is 2.05. The average molecular weight is 226 g/mol. The molecule has 2 aromatic rings. The van der Waals surface area contributed by atoms with Gasteiger partial charge in [0.25, 0.3) is 0 Å². The van der Waals surface area contributed by atoms with Crippen molar-refractivity contribution in [2.24, 2.45) is 0 Å². The molecule has 0 bridgehead atoms. The molecular formula is C13H14N4. The molecule has 2 N–H and O–H groups in total. The Labute approximate surface area is 101 Å². The second-order valence-electron chi connectivity index (χ2n) is 3.72. The van der Waals surface area contributed by atoms with E-state index in [2.05, 4.69) is 15.9 Å². The molecule has 0 atom stereocenters. The highest BCUT2D eigenvalue weighted by Gasteiger charge is 2.08. The Kier molecular flexibility index (Phi) is 3.41. The summed E-state index contributed by atoms with van der Waals surface area (Å²) in [6, 6.07) is 3.81. The third kappa shape index (κ3) is 2.45. The summed E-state index contributed by atoms with van der Waals surface area (Å²) >= 11 is 0. The fourth-order valence-corrected chi connectivity index (χ4v) is 1.71. The van der Waals surface area contributed by atoms with E-state index < -0.39 is 0 Å². The number of nitrogen functional groups attached to an aromatic ring is 1. The Morgan fingerprint density at radius 3 is 3.12 bits per heavy atom. The van der Waals surface area contributed by atoms with Gasteiger partial charge in [0.1, 0.15) is 5.82 Å². The smallest absolute Gasteiger partial charge is 0.132 e. The minimum absolute atomic E-state index is 0.520. The standard InChI is InChI=1S/C13H14N4/c1-2-3-4-8-17-10-15-9-12(17)11-6-5-7-16-13(11)14/h1,5-7,9-10H,3-4,8H2,(H2,14,16). The summed E-state index contributed by atoms with van der Waals surface area (Å²) in [5, 5.41) is 0. The van der Waals surface area contributed by atoms with E-state index in [4.69, 9.17) is 12.2 Å². The van der Waals surface area contributed by atoms with Crippen LogP contribution in [0.15, 0.2) is 30.9 Å².